The summed E-state index contributed by atoms with van der Waals surface area (Å²) in [5.74, 6) is -0.0449. The minimum atomic E-state index is -0.742. The minimum Gasteiger partial charge on any atom is -0.368 e. The van der Waals surface area contributed by atoms with E-state index in [9.17, 15) is 4.79 Å². The van der Waals surface area contributed by atoms with Gasteiger partial charge in [-0.2, -0.15) is 0 Å². The van der Waals surface area contributed by atoms with Gasteiger partial charge in [0.15, 0.2) is 6.29 Å². The third kappa shape index (κ3) is 1.20. The fraction of sp³-hybridized carbons (Fsp3) is 0.857. The summed E-state index contributed by atoms with van der Waals surface area (Å²) in [6, 6.07) is 0. The van der Waals surface area contributed by atoms with E-state index in [4.69, 9.17) is 9.84 Å². The molecule has 0 aromatic heterocycles. The second kappa shape index (κ2) is 2.68. The van der Waals surface area contributed by atoms with E-state index in [1.54, 1.807) is 0 Å². The van der Waals surface area contributed by atoms with Crippen molar-refractivity contribution in [3.05, 3.63) is 0 Å². The molecule has 0 saturated carbocycles. The Morgan fingerprint density at radius 2 is 2.30 bits per heavy atom. The fourth-order valence-corrected chi connectivity index (χ4v) is 1.19. The van der Waals surface area contributed by atoms with Crippen molar-refractivity contribution in [1.29, 1.82) is 0 Å². The minimum absolute atomic E-state index is 0.0440. The van der Waals surface area contributed by atoms with Crippen molar-refractivity contribution < 1.29 is 14.6 Å². The standard InChI is InChI=1S/C7H12O3/c1-4-6(5(2)8)3-10-7(4)9/h4,6-7,9H,3H2,1-2H3/t4-,6-,7+/m1/s1. The van der Waals surface area contributed by atoms with Crippen LogP contribution in [0.1, 0.15) is 13.8 Å². The maximum Gasteiger partial charge on any atom is 0.157 e. The molecular weight excluding hydrogens is 132 g/mol. The third-order valence-corrected chi connectivity index (χ3v) is 2.05. The molecule has 3 nitrogen and oxygen atoms in total. The van der Waals surface area contributed by atoms with E-state index in [-0.39, 0.29) is 17.6 Å². The van der Waals surface area contributed by atoms with Crippen LogP contribution in [0.2, 0.25) is 0 Å². The smallest absolute Gasteiger partial charge is 0.157 e. The Morgan fingerprint density at radius 3 is 2.50 bits per heavy atom. The summed E-state index contributed by atoms with van der Waals surface area (Å²) in [6.07, 6.45) is -0.742. The monoisotopic (exact) mass is 144 g/mol. The van der Waals surface area contributed by atoms with Gasteiger partial charge in [-0.3, -0.25) is 4.79 Å². The SMILES string of the molecule is CC(=O)[C@@H]1CO[C@H](O)[C@@H]1C. The average Bonchev–Trinajstić information content (AvgIpc) is 2.14. The van der Waals surface area contributed by atoms with E-state index in [1.165, 1.54) is 6.92 Å². The Bertz CT molecular complexity index is 144. The quantitative estimate of drug-likeness (QED) is 0.571. The summed E-state index contributed by atoms with van der Waals surface area (Å²) >= 11 is 0. The topological polar surface area (TPSA) is 46.5 Å². The van der Waals surface area contributed by atoms with Gasteiger partial charge in [-0.1, -0.05) is 6.92 Å². The molecular formula is C7H12O3. The Hall–Kier alpha value is -0.410. The zero-order chi connectivity index (χ0) is 7.72. The number of aliphatic hydroxyl groups excluding tert-OH is 1. The van der Waals surface area contributed by atoms with E-state index < -0.39 is 6.29 Å². The first kappa shape index (κ1) is 7.69. The van der Waals surface area contributed by atoms with Gasteiger partial charge in [0.25, 0.3) is 0 Å². The van der Waals surface area contributed by atoms with Crippen LogP contribution in [0.15, 0.2) is 0 Å². The van der Waals surface area contributed by atoms with Crippen LogP contribution >= 0.6 is 0 Å². The highest BCUT2D eigenvalue weighted by atomic mass is 16.6. The van der Waals surface area contributed by atoms with Crippen molar-refractivity contribution in [3.63, 3.8) is 0 Å². The van der Waals surface area contributed by atoms with Crippen molar-refractivity contribution in [2.45, 2.75) is 20.1 Å². The van der Waals surface area contributed by atoms with Gasteiger partial charge in [0.05, 0.1) is 6.61 Å². The molecule has 0 amide bonds. The molecule has 0 unspecified atom stereocenters. The number of carbonyl (C=O) groups excluding carboxylic acids is 1. The van der Waals surface area contributed by atoms with Crippen LogP contribution in [-0.4, -0.2) is 23.8 Å². The number of hydrogen-bond donors (Lipinski definition) is 1. The highest BCUT2D eigenvalue weighted by molar-refractivity contribution is 5.78. The van der Waals surface area contributed by atoms with E-state index >= 15 is 0 Å². The second-order valence-electron chi connectivity index (χ2n) is 2.80. The van der Waals surface area contributed by atoms with Gasteiger partial charge in [-0.25, -0.2) is 0 Å². The molecule has 0 spiro atoms. The molecule has 1 fully saturated rings. The van der Waals surface area contributed by atoms with E-state index in [0.29, 0.717) is 6.61 Å². The molecule has 1 saturated heterocycles. The predicted octanol–water partition coefficient (Wildman–Crippen LogP) is 0.176. The number of Topliss-reactive ketones (excluding diaryl/α,β-unsaturated/α-hetero) is 1. The molecule has 1 aliphatic heterocycles. The summed E-state index contributed by atoms with van der Waals surface area (Å²) in [5.41, 5.74) is 0. The van der Waals surface area contributed by atoms with Crippen molar-refractivity contribution in [2.24, 2.45) is 11.8 Å². The maximum atomic E-state index is 10.8. The molecule has 58 valence electrons. The summed E-state index contributed by atoms with van der Waals surface area (Å²) in [5, 5.41) is 9.04. The lowest BCUT2D eigenvalue weighted by molar-refractivity contribution is -0.121. The third-order valence-electron chi connectivity index (χ3n) is 2.05. The zero-order valence-corrected chi connectivity index (χ0v) is 6.20. The number of hydrogen-bond acceptors (Lipinski definition) is 3. The largest absolute Gasteiger partial charge is 0.368 e. The Balaban J connectivity index is 2.57. The molecule has 0 aromatic rings. The molecule has 10 heavy (non-hydrogen) atoms. The molecule has 1 heterocycles. The van der Waals surface area contributed by atoms with Crippen molar-refractivity contribution in [2.75, 3.05) is 6.61 Å². The van der Waals surface area contributed by atoms with Gasteiger partial charge in [-0.15, -0.1) is 0 Å². The van der Waals surface area contributed by atoms with Crippen molar-refractivity contribution in [3.8, 4) is 0 Å². The summed E-state index contributed by atoms with van der Waals surface area (Å²) < 4.78 is 4.87. The molecule has 0 radical (unpaired) electrons. The molecule has 1 rings (SSSR count). The van der Waals surface area contributed by atoms with Gasteiger partial charge in [0.2, 0.25) is 0 Å². The number of ketones is 1. The average molecular weight is 144 g/mol. The summed E-state index contributed by atoms with van der Waals surface area (Å²) in [4.78, 5) is 10.8. The molecule has 0 aromatic carbocycles. The van der Waals surface area contributed by atoms with Crippen LogP contribution in [0.5, 0.6) is 0 Å². The molecule has 3 atom stereocenters. The van der Waals surface area contributed by atoms with Crippen LogP contribution in [0.3, 0.4) is 0 Å². The van der Waals surface area contributed by atoms with E-state index in [1.807, 2.05) is 6.92 Å². The molecule has 0 aliphatic carbocycles. The number of aliphatic hydroxyl groups is 1. The lowest BCUT2D eigenvalue weighted by Crippen LogP contribution is -2.21. The van der Waals surface area contributed by atoms with Crippen LogP contribution in [0.25, 0.3) is 0 Å². The molecule has 3 heteroatoms. The van der Waals surface area contributed by atoms with Gasteiger partial charge in [0, 0.05) is 11.8 Å². The van der Waals surface area contributed by atoms with Crippen LogP contribution in [-0.2, 0) is 9.53 Å². The highest BCUT2D eigenvalue weighted by Crippen LogP contribution is 2.25. The maximum absolute atomic E-state index is 10.8. The molecule has 0 bridgehead atoms. The Morgan fingerprint density at radius 1 is 1.70 bits per heavy atom. The second-order valence-corrected chi connectivity index (χ2v) is 2.80. The van der Waals surface area contributed by atoms with E-state index in [2.05, 4.69) is 0 Å². The van der Waals surface area contributed by atoms with Crippen LogP contribution in [0, 0.1) is 11.8 Å². The van der Waals surface area contributed by atoms with E-state index in [0.717, 1.165) is 0 Å². The van der Waals surface area contributed by atoms with Gasteiger partial charge < -0.3 is 9.84 Å². The number of rotatable bonds is 1. The first-order valence-electron chi connectivity index (χ1n) is 3.43. The first-order chi connectivity index (χ1) is 4.63. The fourth-order valence-electron chi connectivity index (χ4n) is 1.19. The zero-order valence-electron chi connectivity index (χ0n) is 6.20. The van der Waals surface area contributed by atoms with Crippen molar-refractivity contribution >= 4 is 5.78 Å². The van der Waals surface area contributed by atoms with Gasteiger partial charge >= 0.3 is 0 Å². The summed E-state index contributed by atoms with van der Waals surface area (Å²) in [6.45, 7) is 3.73. The number of carbonyl (C=O) groups is 1. The highest BCUT2D eigenvalue weighted by Gasteiger charge is 2.34. The molecule has 1 aliphatic rings. The predicted molar refractivity (Wildman–Crippen MR) is 35.3 cm³/mol. The Kier molecular flexibility index (Phi) is 2.06. The van der Waals surface area contributed by atoms with Crippen LogP contribution in [0.4, 0.5) is 0 Å². The lowest BCUT2D eigenvalue weighted by Gasteiger charge is -2.10. The first-order valence-corrected chi connectivity index (χ1v) is 3.43. The molecule has 1 N–H and O–H groups in total. The van der Waals surface area contributed by atoms with Gasteiger partial charge in [-0.05, 0) is 6.92 Å². The van der Waals surface area contributed by atoms with Crippen LogP contribution < -0.4 is 0 Å². The van der Waals surface area contributed by atoms with Crippen molar-refractivity contribution in [1.82, 2.24) is 0 Å². The number of ether oxygens (including phenoxy) is 1. The van der Waals surface area contributed by atoms with Gasteiger partial charge in [0.1, 0.15) is 5.78 Å². The Labute approximate surface area is 60.0 Å². The summed E-state index contributed by atoms with van der Waals surface area (Å²) in [7, 11) is 0. The normalized spacial score (nSPS) is 40.1. The lowest BCUT2D eigenvalue weighted by atomic mass is 9.94.